The number of ketones is 1. The predicted octanol–water partition coefficient (Wildman–Crippen LogP) is 4.92. The number of aliphatic hydroxyl groups is 1. The third-order valence-electron chi connectivity index (χ3n) is 5.08. The van der Waals surface area contributed by atoms with Gasteiger partial charge in [-0.05, 0) is 57.7 Å². The number of hydrogen-bond acceptors (Lipinski definition) is 3. The number of hydrogen-bond donors (Lipinski definition) is 1. The highest BCUT2D eigenvalue weighted by Gasteiger charge is 2.40. The molecule has 3 nitrogen and oxygen atoms in total. The Labute approximate surface area is 149 Å². The molecule has 1 heterocycles. The Bertz CT molecular complexity index is 763. The normalized spacial score (nSPS) is 25.7. The Morgan fingerprint density at radius 1 is 1.24 bits per heavy atom. The Kier molecular flexibility index (Phi) is 4.70. The van der Waals surface area contributed by atoms with Crippen LogP contribution in [0.25, 0.3) is 6.08 Å². The molecule has 3 heteroatoms. The summed E-state index contributed by atoms with van der Waals surface area (Å²) in [6.45, 7) is 8.03. The van der Waals surface area contributed by atoms with Crippen LogP contribution in [-0.2, 0) is 9.53 Å². The first kappa shape index (κ1) is 17.7. The van der Waals surface area contributed by atoms with E-state index in [0.29, 0.717) is 5.57 Å². The number of carbonyl (C=O) groups excluding carboxylic acids is 1. The minimum Gasteiger partial charge on any atom is -0.511 e. The quantitative estimate of drug-likeness (QED) is 0.796. The lowest BCUT2D eigenvalue weighted by Gasteiger charge is -2.42. The molecule has 3 rings (SSSR count). The van der Waals surface area contributed by atoms with E-state index in [-0.39, 0.29) is 29.2 Å². The number of benzene rings is 1. The molecule has 2 unspecified atom stereocenters. The van der Waals surface area contributed by atoms with Gasteiger partial charge in [0.1, 0.15) is 5.76 Å². The molecule has 1 N–H and O–H groups in total. The molecule has 0 radical (unpaired) electrons. The standard InChI is InChI=1S/C22H26O3/c1-14-5-7-16(8-6-14)9-10-18(23)20-15(2)13-19-17(21(20)24)11-12-22(3,4)25-19/h5-10,13,17,19,24H,11-12H2,1-4H3/b10-9+. The smallest absolute Gasteiger partial charge is 0.189 e. The molecule has 1 aromatic carbocycles. The highest BCUT2D eigenvalue weighted by Crippen LogP contribution is 2.41. The summed E-state index contributed by atoms with van der Waals surface area (Å²) in [4.78, 5) is 12.7. The van der Waals surface area contributed by atoms with E-state index in [9.17, 15) is 9.90 Å². The Morgan fingerprint density at radius 2 is 1.92 bits per heavy atom. The van der Waals surface area contributed by atoms with Gasteiger partial charge < -0.3 is 9.84 Å². The van der Waals surface area contributed by atoms with Crippen molar-refractivity contribution in [1.29, 1.82) is 0 Å². The number of fused-ring (bicyclic) bond motifs is 1. The molecular formula is C22H26O3. The van der Waals surface area contributed by atoms with E-state index < -0.39 is 0 Å². The van der Waals surface area contributed by atoms with Crippen LogP contribution in [0.3, 0.4) is 0 Å². The average molecular weight is 338 g/mol. The van der Waals surface area contributed by atoms with Gasteiger partial charge in [0.05, 0.1) is 17.3 Å². The Balaban J connectivity index is 1.82. The summed E-state index contributed by atoms with van der Waals surface area (Å²) in [6, 6.07) is 7.98. The van der Waals surface area contributed by atoms with Crippen molar-refractivity contribution in [1.82, 2.24) is 0 Å². The second-order valence-corrected chi connectivity index (χ2v) is 7.71. The molecule has 1 aromatic rings. The highest BCUT2D eigenvalue weighted by atomic mass is 16.5. The minimum absolute atomic E-state index is 0.122. The van der Waals surface area contributed by atoms with Crippen molar-refractivity contribution in [3.05, 3.63) is 64.4 Å². The topological polar surface area (TPSA) is 46.5 Å². The lowest BCUT2D eigenvalue weighted by molar-refractivity contribution is -0.116. The Hall–Kier alpha value is -2.13. The van der Waals surface area contributed by atoms with Gasteiger partial charge in [-0.2, -0.15) is 0 Å². The van der Waals surface area contributed by atoms with Crippen molar-refractivity contribution in [3.8, 4) is 0 Å². The van der Waals surface area contributed by atoms with Crippen LogP contribution in [0, 0.1) is 12.8 Å². The lowest BCUT2D eigenvalue weighted by atomic mass is 9.78. The molecule has 2 aliphatic rings. The van der Waals surface area contributed by atoms with Gasteiger partial charge in [-0.3, -0.25) is 4.79 Å². The Morgan fingerprint density at radius 3 is 2.60 bits per heavy atom. The average Bonchev–Trinajstić information content (AvgIpc) is 2.53. The van der Waals surface area contributed by atoms with Crippen LogP contribution >= 0.6 is 0 Å². The van der Waals surface area contributed by atoms with Crippen LogP contribution in [-0.4, -0.2) is 22.6 Å². The number of aliphatic hydroxyl groups excluding tert-OH is 1. The largest absolute Gasteiger partial charge is 0.511 e. The maximum atomic E-state index is 12.7. The molecule has 25 heavy (non-hydrogen) atoms. The monoisotopic (exact) mass is 338 g/mol. The number of ether oxygens (including phenoxy) is 1. The first-order valence-corrected chi connectivity index (χ1v) is 8.86. The number of aryl methyl sites for hydroxylation is 1. The fourth-order valence-corrected chi connectivity index (χ4v) is 3.59. The van der Waals surface area contributed by atoms with Crippen LogP contribution in [0.2, 0.25) is 0 Å². The van der Waals surface area contributed by atoms with Gasteiger partial charge in [0.25, 0.3) is 0 Å². The summed E-state index contributed by atoms with van der Waals surface area (Å²) >= 11 is 0. The van der Waals surface area contributed by atoms with Gasteiger partial charge in [-0.15, -0.1) is 0 Å². The summed E-state index contributed by atoms with van der Waals surface area (Å²) in [5.74, 6) is -0.0994. The molecule has 0 aromatic heterocycles. The maximum Gasteiger partial charge on any atom is 0.189 e. The third kappa shape index (κ3) is 3.77. The van der Waals surface area contributed by atoms with Crippen LogP contribution < -0.4 is 0 Å². The van der Waals surface area contributed by atoms with Gasteiger partial charge in [-0.1, -0.05) is 42.0 Å². The van der Waals surface area contributed by atoms with Crippen molar-refractivity contribution in [2.45, 2.75) is 52.2 Å². The molecular weight excluding hydrogens is 312 g/mol. The van der Waals surface area contributed by atoms with Gasteiger partial charge in [0.2, 0.25) is 0 Å². The van der Waals surface area contributed by atoms with Crippen molar-refractivity contribution in [2.75, 3.05) is 0 Å². The van der Waals surface area contributed by atoms with E-state index in [2.05, 4.69) is 13.8 Å². The van der Waals surface area contributed by atoms with Gasteiger partial charge in [0, 0.05) is 5.92 Å². The highest BCUT2D eigenvalue weighted by molar-refractivity contribution is 6.09. The van der Waals surface area contributed by atoms with Crippen LogP contribution in [0.1, 0.15) is 44.7 Å². The molecule has 132 valence electrons. The summed E-state index contributed by atoms with van der Waals surface area (Å²) in [7, 11) is 0. The van der Waals surface area contributed by atoms with Crippen LogP contribution in [0.4, 0.5) is 0 Å². The summed E-state index contributed by atoms with van der Waals surface area (Å²) < 4.78 is 6.09. The van der Waals surface area contributed by atoms with E-state index in [0.717, 1.165) is 24.0 Å². The molecule has 1 saturated heterocycles. The molecule has 0 amide bonds. The van der Waals surface area contributed by atoms with E-state index in [1.807, 2.05) is 44.2 Å². The second-order valence-electron chi connectivity index (χ2n) is 7.71. The summed E-state index contributed by atoms with van der Waals surface area (Å²) in [5, 5.41) is 10.7. The van der Waals surface area contributed by atoms with Crippen LogP contribution in [0.15, 0.2) is 53.3 Å². The zero-order valence-electron chi connectivity index (χ0n) is 15.4. The van der Waals surface area contributed by atoms with Crippen molar-refractivity contribution >= 4 is 11.9 Å². The lowest BCUT2D eigenvalue weighted by Crippen LogP contribution is -2.42. The van der Waals surface area contributed by atoms with Crippen LogP contribution in [0.5, 0.6) is 0 Å². The van der Waals surface area contributed by atoms with E-state index in [1.165, 1.54) is 5.56 Å². The molecule has 1 aliphatic heterocycles. The number of carbonyl (C=O) groups is 1. The predicted molar refractivity (Wildman–Crippen MR) is 100 cm³/mol. The van der Waals surface area contributed by atoms with Crippen molar-refractivity contribution in [2.24, 2.45) is 5.92 Å². The molecule has 0 bridgehead atoms. The van der Waals surface area contributed by atoms with Crippen molar-refractivity contribution in [3.63, 3.8) is 0 Å². The SMILES string of the molecule is CC1=CC2OC(C)(C)CCC2C(O)=C1C(=O)/C=C/c1ccc(C)cc1. The van der Waals surface area contributed by atoms with Gasteiger partial charge in [-0.25, -0.2) is 0 Å². The van der Waals surface area contributed by atoms with Gasteiger partial charge >= 0.3 is 0 Å². The fourth-order valence-electron chi connectivity index (χ4n) is 3.59. The zero-order valence-corrected chi connectivity index (χ0v) is 15.4. The zero-order chi connectivity index (χ0) is 18.2. The first-order chi connectivity index (χ1) is 11.8. The fraction of sp³-hybridized carbons (Fsp3) is 0.409. The molecule has 0 spiro atoms. The van der Waals surface area contributed by atoms with E-state index in [1.54, 1.807) is 12.2 Å². The molecule has 1 aliphatic carbocycles. The summed E-state index contributed by atoms with van der Waals surface area (Å²) in [6.07, 6.45) is 6.86. The third-order valence-corrected chi connectivity index (χ3v) is 5.08. The number of rotatable bonds is 3. The first-order valence-electron chi connectivity index (χ1n) is 8.86. The van der Waals surface area contributed by atoms with E-state index >= 15 is 0 Å². The molecule has 0 saturated carbocycles. The maximum absolute atomic E-state index is 12.7. The minimum atomic E-state index is -0.189. The summed E-state index contributed by atoms with van der Waals surface area (Å²) in [5.41, 5.74) is 3.17. The second kappa shape index (κ2) is 6.64. The number of allylic oxidation sites excluding steroid dienone is 3. The van der Waals surface area contributed by atoms with Gasteiger partial charge in [0.15, 0.2) is 5.78 Å². The van der Waals surface area contributed by atoms with E-state index in [4.69, 9.17) is 4.74 Å². The molecule has 1 fully saturated rings. The van der Waals surface area contributed by atoms with Crippen molar-refractivity contribution < 1.29 is 14.6 Å². The molecule has 2 atom stereocenters.